The first-order valence-corrected chi connectivity index (χ1v) is 12.5. The van der Waals surface area contributed by atoms with Crippen LogP contribution in [-0.2, 0) is 11.8 Å². The number of nitrogens with one attached hydrogen (secondary N) is 1. The number of carboxylic acid groups (broad SMARTS) is 1. The number of aryl methyl sites for hydroxylation is 1. The Hall–Kier alpha value is -5.58. The van der Waals surface area contributed by atoms with Crippen molar-refractivity contribution in [1.82, 2.24) is 24.3 Å². The second kappa shape index (κ2) is 10.5. The maximum Gasteiger partial charge on any atom is 0.300 e. The number of H-pyrrole nitrogens is 1. The minimum Gasteiger partial charge on any atom is -0.481 e. The number of rotatable bonds is 4. The Kier molecular flexibility index (Phi) is 6.94. The molecule has 0 saturated carbocycles. The van der Waals surface area contributed by atoms with Crippen molar-refractivity contribution in [1.29, 1.82) is 0 Å². The summed E-state index contributed by atoms with van der Waals surface area (Å²) in [4.78, 5) is 42.2. The topological polar surface area (TPSA) is 149 Å². The molecule has 0 bridgehead atoms. The lowest BCUT2D eigenvalue weighted by Gasteiger charge is -2.15. The molecule has 11 heteroatoms. The Balaban J connectivity index is 0.000000794. The third-order valence-electron chi connectivity index (χ3n) is 6.65. The van der Waals surface area contributed by atoms with E-state index in [4.69, 9.17) is 15.6 Å². The second-order valence-electron chi connectivity index (χ2n) is 9.45. The molecule has 3 aromatic carbocycles. The highest BCUT2D eigenvalue weighted by atomic mass is 19.1. The van der Waals surface area contributed by atoms with E-state index in [1.165, 1.54) is 29.1 Å². The van der Waals surface area contributed by atoms with Crippen molar-refractivity contribution in [3.63, 3.8) is 0 Å². The van der Waals surface area contributed by atoms with E-state index < -0.39 is 17.7 Å². The number of amides is 1. The average molecular weight is 553 g/mol. The van der Waals surface area contributed by atoms with Crippen LogP contribution in [0.5, 0.6) is 0 Å². The fourth-order valence-electron chi connectivity index (χ4n) is 4.82. The molecule has 41 heavy (non-hydrogen) atoms. The van der Waals surface area contributed by atoms with Crippen molar-refractivity contribution in [3.8, 4) is 28.1 Å². The zero-order valence-electron chi connectivity index (χ0n) is 22.3. The van der Waals surface area contributed by atoms with Gasteiger partial charge in [-0.3, -0.25) is 23.6 Å². The van der Waals surface area contributed by atoms with Gasteiger partial charge in [-0.05, 0) is 60.0 Å². The quantitative estimate of drug-likeness (QED) is 0.292. The smallest absolute Gasteiger partial charge is 0.300 e. The predicted octanol–water partition coefficient (Wildman–Crippen LogP) is 4.57. The Labute approximate surface area is 232 Å². The summed E-state index contributed by atoms with van der Waals surface area (Å²) in [6.45, 7) is 3.00. The SMILES string of the molecule is CC(=O)O.Cc1c(-c2ccc(C(N)=O)c3[nH]c(-c4cnn(C)c4)cc23)cccc1-n1cnc2ccc(F)cc2c1=O. The van der Waals surface area contributed by atoms with Crippen LogP contribution in [0.4, 0.5) is 4.39 Å². The zero-order chi connectivity index (χ0) is 29.4. The lowest BCUT2D eigenvalue weighted by molar-refractivity contribution is -0.134. The normalized spacial score (nSPS) is 10.9. The molecule has 6 aromatic rings. The van der Waals surface area contributed by atoms with Gasteiger partial charge < -0.3 is 15.8 Å². The van der Waals surface area contributed by atoms with E-state index in [-0.39, 0.29) is 10.9 Å². The van der Waals surface area contributed by atoms with Crippen LogP contribution < -0.4 is 11.3 Å². The Morgan fingerprint density at radius 1 is 1.05 bits per heavy atom. The van der Waals surface area contributed by atoms with Crippen LogP contribution in [0.1, 0.15) is 22.8 Å². The van der Waals surface area contributed by atoms with Gasteiger partial charge >= 0.3 is 0 Å². The van der Waals surface area contributed by atoms with E-state index in [2.05, 4.69) is 15.1 Å². The van der Waals surface area contributed by atoms with E-state index in [9.17, 15) is 14.0 Å². The molecule has 0 atom stereocenters. The van der Waals surface area contributed by atoms with Crippen LogP contribution in [0, 0.1) is 12.7 Å². The number of carbonyl (C=O) groups is 2. The summed E-state index contributed by atoms with van der Waals surface area (Å²) >= 11 is 0. The highest BCUT2D eigenvalue weighted by molar-refractivity contribution is 6.10. The molecule has 10 nitrogen and oxygen atoms in total. The van der Waals surface area contributed by atoms with Crippen LogP contribution in [0.25, 0.3) is 49.9 Å². The maximum atomic E-state index is 13.9. The Bertz CT molecular complexity index is 2030. The molecule has 0 spiro atoms. The fraction of sp³-hybridized carbons (Fsp3) is 0.100. The molecule has 0 aliphatic carbocycles. The van der Waals surface area contributed by atoms with Gasteiger partial charge in [0.25, 0.3) is 17.4 Å². The van der Waals surface area contributed by atoms with Crippen LogP contribution in [-0.4, -0.2) is 41.3 Å². The molecule has 4 N–H and O–H groups in total. The average Bonchev–Trinajstić information content (AvgIpc) is 3.55. The molecule has 0 unspecified atom stereocenters. The standard InChI is InChI=1S/C28H21FN6O2.C2H4O2/c1-15-18(4-3-5-25(15)35-14-31-23-9-6-17(29)10-22(23)28(35)37)19-7-8-20(27(30)36)26-21(19)11-24(33-26)16-12-32-34(2)13-16;1-2(3)4/h3-14,33H,1-2H3,(H2,30,36);1H3,(H,3,4). The van der Waals surface area contributed by atoms with Gasteiger partial charge in [0.05, 0.1) is 33.9 Å². The van der Waals surface area contributed by atoms with Crippen molar-refractivity contribution in [2.24, 2.45) is 12.8 Å². The molecule has 6 rings (SSSR count). The minimum absolute atomic E-state index is 0.201. The number of fused-ring (bicyclic) bond motifs is 2. The zero-order valence-corrected chi connectivity index (χ0v) is 22.3. The third kappa shape index (κ3) is 5.08. The van der Waals surface area contributed by atoms with E-state index >= 15 is 0 Å². The number of hydrogen-bond acceptors (Lipinski definition) is 5. The van der Waals surface area contributed by atoms with Crippen molar-refractivity contribution < 1.29 is 19.1 Å². The number of benzene rings is 3. The van der Waals surface area contributed by atoms with Crippen LogP contribution in [0.2, 0.25) is 0 Å². The molecule has 3 aromatic heterocycles. The van der Waals surface area contributed by atoms with Gasteiger partial charge in [-0.2, -0.15) is 5.10 Å². The van der Waals surface area contributed by atoms with Crippen molar-refractivity contribution in [2.45, 2.75) is 13.8 Å². The highest BCUT2D eigenvalue weighted by Crippen LogP contribution is 2.36. The summed E-state index contributed by atoms with van der Waals surface area (Å²) < 4.78 is 17.0. The first kappa shape index (κ1) is 27.0. The lowest BCUT2D eigenvalue weighted by atomic mass is 9.94. The molecule has 0 radical (unpaired) electrons. The number of hydrogen-bond donors (Lipinski definition) is 3. The third-order valence-corrected chi connectivity index (χ3v) is 6.65. The summed E-state index contributed by atoms with van der Waals surface area (Å²) in [5, 5.41) is 12.7. The minimum atomic E-state index is -0.833. The molecular formula is C30H25FN6O4. The predicted molar refractivity (Wildman–Crippen MR) is 153 cm³/mol. The van der Waals surface area contributed by atoms with Gasteiger partial charge in [-0.1, -0.05) is 18.2 Å². The number of nitrogens with two attached hydrogens (primary N) is 1. The molecule has 0 saturated heterocycles. The molecular weight excluding hydrogens is 527 g/mol. The number of aromatic amines is 1. The van der Waals surface area contributed by atoms with Gasteiger partial charge in [0.1, 0.15) is 12.1 Å². The van der Waals surface area contributed by atoms with Crippen molar-refractivity contribution in [2.75, 3.05) is 0 Å². The Morgan fingerprint density at radius 2 is 1.80 bits per heavy atom. The van der Waals surface area contributed by atoms with Gasteiger partial charge in [0.15, 0.2) is 0 Å². The Morgan fingerprint density at radius 3 is 2.49 bits per heavy atom. The van der Waals surface area contributed by atoms with E-state index in [1.807, 2.05) is 50.5 Å². The van der Waals surface area contributed by atoms with Crippen LogP contribution in [0.3, 0.4) is 0 Å². The van der Waals surface area contributed by atoms with E-state index in [1.54, 1.807) is 16.9 Å². The maximum absolute atomic E-state index is 13.9. The summed E-state index contributed by atoms with van der Waals surface area (Å²) in [6, 6.07) is 15.1. The summed E-state index contributed by atoms with van der Waals surface area (Å²) in [5.41, 5.74) is 11.6. The lowest BCUT2D eigenvalue weighted by Crippen LogP contribution is -2.20. The molecule has 0 aliphatic rings. The molecule has 1 amide bonds. The first-order chi connectivity index (χ1) is 19.5. The van der Waals surface area contributed by atoms with Gasteiger partial charge in [0.2, 0.25) is 0 Å². The van der Waals surface area contributed by atoms with Gasteiger partial charge in [-0.15, -0.1) is 0 Å². The molecule has 0 aliphatic heterocycles. The van der Waals surface area contributed by atoms with Gasteiger partial charge in [0, 0.05) is 36.8 Å². The highest BCUT2D eigenvalue weighted by Gasteiger charge is 2.18. The molecule has 206 valence electrons. The number of primary amides is 1. The molecule has 3 heterocycles. The number of aliphatic carboxylic acids is 1. The summed E-state index contributed by atoms with van der Waals surface area (Å²) in [7, 11) is 1.83. The number of nitrogens with zero attached hydrogens (tertiary/aromatic N) is 4. The van der Waals surface area contributed by atoms with E-state index in [0.717, 1.165) is 40.3 Å². The van der Waals surface area contributed by atoms with Gasteiger partial charge in [-0.25, -0.2) is 9.37 Å². The summed E-state index contributed by atoms with van der Waals surface area (Å²) in [6.07, 6.45) is 5.07. The largest absolute Gasteiger partial charge is 0.481 e. The van der Waals surface area contributed by atoms with Crippen molar-refractivity contribution in [3.05, 3.63) is 101 Å². The van der Waals surface area contributed by atoms with E-state index in [0.29, 0.717) is 22.3 Å². The first-order valence-electron chi connectivity index (χ1n) is 12.5. The van der Waals surface area contributed by atoms with Crippen LogP contribution in [0.15, 0.2) is 78.1 Å². The fourth-order valence-corrected chi connectivity index (χ4v) is 4.82. The second-order valence-corrected chi connectivity index (χ2v) is 9.45. The van der Waals surface area contributed by atoms with Crippen molar-refractivity contribution >= 4 is 33.7 Å². The number of aromatic nitrogens is 5. The number of halogens is 1. The van der Waals surface area contributed by atoms with Crippen LogP contribution >= 0.6 is 0 Å². The summed E-state index contributed by atoms with van der Waals surface area (Å²) in [5.74, 6) is -1.87. The molecule has 0 fully saturated rings. The monoisotopic (exact) mass is 552 g/mol. The number of carbonyl (C=O) groups excluding carboxylic acids is 1. The number of carboxylic acids is 1.